The molecule has 0 spiro atoms. The summed E-state index contributed by atoms with van der Waals surface area (Å²) in [6.07, 6.45) is 0. The summed E-state index contributed by atoms with van der Waals surface area (Å²) in [6.45, 7) is 0. The van der Waals surface area contributed by atoms with Crippen molar-refractivity contribution in [3.63, 3.8) is 0 Å². The zero-order valence-electron chi connectivity index (χ0n) is 20.5. The molecule has 0 aliphatic carbocycles. The number of nitrogens with zero attached hydrogens (tertiary/aromatic N) is 2. The molecule has 0 saturated heterocycles. The first-order valence-electron chi connectivity index (χ1n) is 10.9. The molecule has 3 N–H and O–H groups in total. The van der Waals surface area contributed by atoms with E-state index in [9.17, 15) is 31.0 Å². The van der Waals surface area contributed by atoms with Gasteiger partial charge in [0.05, 0.1) is 4.90 Å². The lowest BCUT2D eigenvalue weighted by molar-refractivity contribution is 0.444. The Morgan fingerprint density at radius 2 is 1.19 bits per heavy atom. The molecule has 193 valence electrons. The predicted molar refractivity (Wildman–Crippen MR) is 144 cm³/mol. The first-order valence-corrected chi connectivity index (χ1v) is 13.8. The van der Waals surface area contributed by atoms with Gasteiger partial charge in [-0.15, -0.1) is 0 Å². The lowest BCUT2D eigenvalue weighted by atomic mass is 9.90. The van der Waals surface area contributed by atoms with E-state index in [1.54, 1.807) is 48.5 Å². The second-order valence-corrected chi connectivity index (χ2v) is 11.7. The quantitative estimate of drug-likeness (QED) is 0.305. The van der Waals surface area contributed by atoms with Crippen molar-refractivity contribution in [2.24, 2.45) is 0 Å². The summed E-state index contributed by atoms with van der Waals surface area (Å²) in [6, 6.07) is 18.6. The van der Waals surface area contributed by atoms with Crippen LogP contribution in [0.4, 0.5) is 11.4 Å². The van der Waals surface area contributed by atoms with Gasteiger partial charge in [0.15, 0.2) is 0 Å². The van der Waals surface area contributed by atoms with Crippen LogP contribution in [0.1, 0.15) is 0 Å². The van der Waals surface area contributed by atoms with Gasteiger partial charge < -0.3 is 14.9 Å². The van der Waals surface area contributed by atoms with Crippen LogP contribution in [0.25, 0.3) is 33.0 Å². The van der Waals surface area contributed by atoms with E-state index in [1.807, 2.05) is 38.0 Å². The maximum atomic E-state index is 12.5. The van der Waals surface area contributed by atoms with Gasteiger partial charge >= 0.3 is 0 Å². The first kappa shape index (κ1) is 26.4. The average Bonchev–Trinajstić information content (AvgIpc) is 2.81. The summed E-state index contributed by atoms with van der Waals surface area (Å²) >= 11 is 0. The van der Waals surface area contributed by atoms with Crippen LogP contribution in [0, 0.1) is 6.07 Å². The Morgan fingerprint density at radius 3 is 1.62 bits per heavy atom. The number of phenols is 1. The van der Waals surface area contributed by atoms with E-state index < -0.39 is 35.8 Å². The van der Waals surface area contributed by atoms with E-state index in [4.69, 9.17) is 0 Å². The van der Waals surface area contributed by atoms with Crippen LogP contribution in [-0.2, 0) is 20.2 Å². The molecule has 0 aliphatic rings. The lowest BCUT2D eigenvalue weighted by Gasteiger charge is -2.19. The fourth-order valence-electron chi connectivity index (χ4n) is 4.17. The second-order valence-electron chi connectivity index (χ2n) is 8.90. The van der Waals surface area contributed by atoms with Crippen molar-refractivity contribution < 1.29 is 31.0 Å². The molecule has 0 aliphatic heterocycles. The number of aromatic hydroxyl groups is 1. The van der Waals surface area contributed by atoms with Gasteiger partial charge in [-0.2, -0.15) is 16.8 Å². The summed E-state index contributed by atoms with van der Waals surface area (Å²) in [5.74, 6) is -0.886. The second kappa shape index (κ2) is 9.34. The summed E-state index contributed by atoms with van der Waals surface area (Å²) in [5.41, 5.74) is 2.75. The highest BCUT2D eigenvalue weighted by Crippen LogP contribution is 2.45. The van der Waals surface area contributed by atoms with Crippen LogP contribution in [0.15, 0.2) is 70.5 Å². The van der Waals surface area contributed by atoms with Gasteiger partial charge in [-0.25, -0.2) is 0 Å². The molecule has 9 nitrogen and oxygen atoms in total. The Labute approximate surface area is 215 Å². The fourth-order valence-corrected chi connectivity index (χ4v) is 5.48. The number of fused-ring (bicyclic) bond motifs is 1. The van der Waals surface area contributed by atoms with Crippen LogP contribution < -0.4 is 9.80 Å². The summed E-state index contributed by atoms with van der Waals surface area (Å²) in [7, 11) is -2.24. The van der Waals surface area contributed by atoms with Crippen LogP contribution in [0.2, 0.25) is 0 Å². The smallest absolute Gasteiger partial charge is 0.298 e. The van der Waals surface area contributed by atoms with Gasteiger partial charge in [0, 0.05) is 51.2 Å². The predicted octanol–water partition coefficient (Wildman–Crippen LogP) is 4.30. The number of hydrogen-bond acceptors (Lipinski definition) is 7. The molecule has 0 amide bonds. The molecule has 0 fully saturated rings. The average molecular weight is 542 g/mol. The summed E-state index contributed by atoms with van der Waals surface area (Å²) in [5, 5.41) is 10.9. The molecule has 0 aromatic heterocycles. The highest BCUT2D eigenvalue weighted by Gasteiger charge is 2.28. The van der Waals surface area contributed by atoms with Crippen molar-refractivity contribution in [1.82, 2.24) is 0 Å². The third-order valence-electron chi connectivity index (χ3n) is 5.98. The third kappa shape index (κ3) is 5.12. The molecule has 4 aromatic rings. The topological polar surface area (TPSA) is 135 Å². The van der Waals surface area contributed by atoms with Crippen LogP contribution in [-0.4, -0.2) is 59.2 Å². The Kier molecular flexibility index (Phi) is 6.67. The first-order chi connectivity index (χ1) is 17.2. The van der Waals surface area contributed by atoms with Gasteiger partial charge in [0.2, 0.25) is 0 Å². The normalized spacial score (nSPS) is 12.1. The number of rotatable bonds is 6. The minimum Gasteiger partial charge on any atom is -0.506 e. The van der Waals surface area contributed by atoms with Crippen molar-refractivity contribution >= 4 is 42.4 Å². The Morgan fingerprint density at radius 1 is 0.703 bits per heavy atom. The molecule has 0 atom stereocenters. The maximum Gasteiger partial charge on any atom is 0.298 e. The zero-order valence-corrected chi connectivity index (χ0v) is 22.1. The molecule has 0 unspecified atom stereocenters. The number of hydrogen-bond donors (Lipinski definition) is 3. The number of anilines is 2. The van der Waals surface area contributed by atoms with E-state index in [1.165, 1.54) is 6.07 Å². The zero-order chi connectivity index (χ0) is 27.3. The minimum absolute atomic E-state index is 0.0263. The number of phenolic OH excluding ortho intramolecular Hbond substituents is 1. The van der Waals surface area contributed by atoms with Gasteiger partial charge in [0.25, 0.3) is 20.2 Å². The Balaban J connectivity index is 2.21. The van der Waals surface area contributed by atoms with E-state index in [0.717, 1.165) is 17.4 Å². The Bertz CT molecular complexity index is 1710. The molecule has 4 rings (SSSR count). The van der Waals surface area contributed by atoms with Gasteiger partial charge in [-0.3, -0.25) is 9.11 Å². The lowest BCUT2D eigenvalue weighted by Crippen LogP contribution is -2.08. The fraction of sp³-hybridized carbons (Fsp3) is 0.154. The molecular weight excluding hydrogens is 516 g/mol. The molecule has 0 bridgehead atoms. The van der Waals surface area contributed by atoms with Crippen molar-refractivity contribution in [3.05, 3.63) is 66.7 Å². The molecule has 0 saturated carbocycles. The SMILES string of the molecule is CN(C)c1ccc(-c2cc(S(=O)(=O)O)cc3[c]c(O)c(S(=O)(=O)O)c(-c4ccc(N(C)C)cc4)c23)cc1. The molecule has 11 heteroatoms. The van der Waals surface area contributed by atoms with E-state index in [2.05, 4.69) is 6.07 Å². The summed E-state index contributed by atoms with van der Waals surface area (Å²) < 4.78 is 69.1. The molecule has 0 heterocycles. The van der Waals surface area contributed by atoms with Crippen molar-refractivity contribution in [3.8, 4) is 28.0 Å². The Hall–Kier alpha value is -3.64. The molecule has 4 aromatic carbocycles. The van der Waals surface area contributed by atoms with Crippen LogP contribution in [0.3, 0.4) is 0 Å². The van der Waals surface area contributed by atoms with E-state index >= 15 is 0 Å². The third-order valence-corrected chi connectivity index (χ3v) is 7.72. The van der Waals surface area contributed by atoms with E-state index in [-0.39, 0.29) is 21.9 Å². The maximum absolute atomic E-state index is 12.5. The molecule has 37 heavy (non-hydrogen) atoms. The van der Waals surface area contributed by atoms with Crippen molar-refractivity contribution in [2.75, 3.05) is 38.0 Å². The van der Waals surface area contributed by atoms with Crippen molar-refractivity contribution in [2.45, 2.75) is 9.79 Å². The van der Waals surface area contributed by atoms with Crippen molar-refractivity contribution in [1.29, 1.82) is 0 Å². The molecule has 1 radical (unpaired) electrons. The minimum atomic E-state index is -4.95. The highest BCUT2D eigenvalue weighted by molar-refractivity contribution is 7.86. The van der Waals surface area contributed by atoms with Gasteiger partial charge in [-0.1, -0.05) is 24.3 Å². The van der Waals surface area contributed by atoms with Gasteiger partial charge in [0.1, 0.15) is 10.6 Å². The summed E-state index contributed by atoms with van der Waals surface area (Å²) in [4.78, 5) is 2.49. The number of benzene rings is 4. The monoisotopic (exact) mass is 541 g/mol. The molecular formula is C26H25N2O7S2. The van der Waals surface area contributed by atoms with Gasteiger partial charge in [-0.05, 0) is 63.9 Å². The largest absolute Gasteiger partial charge is 0.506 e. The van der Waals surface area contributed by atoms with Crippen LogP contribution >= 0.6 is 0 Å². The van der Waals surface area contributed by atoms with E-state index in [0.29, 0.717) is 11.1 Å². The van der Waals surface area contributed by atoms with Crippen LogP contribution in [0.5, 0.6) is 5.75 Å². The standard InChI is InChI=1S/C26H25N2O7S2/c1-27(2)19-9-5-16(6-10-19)22-15-21(36(30,31)32)13-18-14-23(29)26(37(33,34)35)25(24(18)22)17-7-11-20(12-8-17)28(3)4/h5-13,15,29H,1-4H3,(H,30,31,32)(H,33,34,35). The highest BCUT2D eigenvalue weighted by atomic mass is 32.2.